The van der Waals surface area contributed by atoms with E-state index in [-0.39, 0.29) is 11.9 Å². The van der Waals surface area contributed by atoms with Gasteiger partial charge in [0.15, 0.2) is 0 Å². The lowest BCUT2D eigenvalue weighted by atomic mass is 10.0. The summed E-state index contributed by atoms with van der Waals surface area (Å²) in [6.45, 7) is 3.16. The second-order valence-corrected chi connectivity index (χ2v) is 5.02. The van der Waals surface area contributed by atoms with Crippen molar-refractivity contribution >= 4 is 0 Å². The number of rotatable bonds is 5. The maximum atomic E-state index is 13.9. The average molecular weight is 269 g/mol. The number of ether oxygens (including phenoxy) is 2. The molecule has 1 fully saturated rings. The molecule has 0 unspecified atom stereocenters. The zero-order valence-corrected chi connectivity index (χ0v) is 11.3. The molecule has 1 aliphatic heterocycles. The van der Waals surface area contributed by atoms with Gasteiger partial charge in [0.05, 0.1) is 13.7 Å². The standard InChI is InChI=1S/C14H20FNO3/c1-10(16-8-14(17)5-6-19-9-14)12-4-3-11(18-2)7-13(12)15/h3-4,7,10,16-17H,5-6,8-9H2,1-2H3/t10-,14+/m1/s1. The fraction of sp³-hybridized carbons (Fsp3) is 0.571. The van der Waals surface area contributed by atoms with Gasteiger partial charge in [-0.15, -0.1) is 0 Å². The summed E-state index contributed by atoms with van der Waals surface area (Å²) in [6, 6.07) is 4.60. The molecular weight excluding hydrogens is 249 g/mol. The molecule has 1 saturated heterocycles. The average Bonchev–Trinajstić information content (AvgIpc) is 2.83. The van der Waals surface area contributed by atoms with Crippen LogP contribution in [0.15, 0.2) is 18.2 Å². The zero-order chi connectivity index (χ0) is 13.9. The molecule has 1 aromatic rings. The van der Waals surface area contributed by atoms with Gasteiger partial charge >= 0.3 is 0 Å². The van der Waals surface area contributed by atoms with Crippen molar-refractivity contribution in [2.75, 3.05) is 26.9 Å². The topological polar surface area (TPSA) is 50.7 Å². The van der Waals surface area contributed by atoms with Gasteiger partial charge in [-0.2, -0.15) is 0 Å². The summed E-state index contributed by atoms with van der Waals surface area (Å²) in [5.74, 6) is 0.185. The smallest absolute Gasteiger partial charge is 0.131 e. The van der Waals surface area contributed by atoms with Gasteiger partial charge in [-0.3, -0.25) is 0 Å². The van der Waals surface area contributed by atoms with Crippen LogP contribution in [0.3, 0.4) is 0 Å². The van der Waals surface area contributed by atoms with E-state index in [1.165, 1.54) is 13.2 Å². The van der Waals surface area contributed by atoms with Gasteiger partial charge in [0.2, 0.25) is 0 Å². The summed E-state index contributed by atoms with van der Waals surface area (Å²) < 4.78 is 24.0. The van der Waals surface area contributed by atoms with Gasteiger partial charge in [0, 0.05) is 37.2 Å². The molecule has 1 aromatic carbocycles. The van der Waals surface area contributed by atoms with Gasteiger partial charge in [-0.25, -0.2) is 4.39 Å². The summed E-state index contributed by atoms with van der Waals surface area (Å²) >= 11 is 0. The Kier molecular flexibility index (Phi) is 4.39. The Morgan fingerprint density at radius 2 is 2.37 bits per heavy atom. The predicted molar refractivity (Wildman–Crippen MR) is 69.8 cm³/mol. The highest BCUT2D eigenvalue weighted by Crippen LogP contribution is 2.23. The molecule has 0 aliphatic carbocycles. The van der Waals surface area contributed by atoms with Crippen molar-refractivity contribution in [1.29, 1.82) is 0 Å². The number of methoxy groups -OCH3 is 1. The van der Waals surface area contributed by atoms with E-state index >= 15 is 0 Å². The van der Waals surface area contributed by atoms with Crippen molar-refractivity contribution in [2.24, 2.45) is 0 Å². The van der Waals surface area contributed by atoms with Gasteiger partial charge in [-0.1, -0.05) is 6.07 Å². The second-order valence-electron chi connectivity index (χ2n) is 5.02. The van der Waals surface area contributed by atoms with Gasteiger partial charge in [0.1, 0.15) is 17.2 Å². The molecule has 0 spiro atoms. The first-order valence-electron chi connectivity index (χ1n) is 6.41. The largest absolute Gasteiger partial charge is 0.497 e. The van der Waals surface area contributed by atoms with Crippen molar-refractivity contribution in [3.8, 4) is 5.75 Å². The third kappa shape index (κ3) is 3.43. The molecule has 2 rings (SSSR count). The lowest BCUT2D eigenvalue weighted by Crippen LogP contribution is -2.42. The van der Waals surface area contributed by atoms with Gasteiger partial charge in [-0.05, 0) is 13.0 Å². The molecular formula is C14H20FNO3. The van der Waals surface area contributed by atoms with Crippen LogP contribution in [0.4, 0.5) is 4.39 Å². The van der Waals surface area contributed by atoms with Crippen molar-refractivity contribution in [3.63, 3.8) is 0 Å². The quantitative estimate of drug-likeness (QED) is 0.853. The van der Waals surface area contributed by atoms with E-state index in [0.717, 1.165) is 0 Å². The Morgan fingerprint density at radius 1 is 1.58 bits per heavy atom. The Bertz CT molecular complexity index is 433. The molecule has 0 radical (unpaired) electrons. The zero-order valence-electron chi connectivity index (χ0n) is 11.3. The number of hydrogen-bond donors (Lipinski definition) is 2. The number of aliphatic hydroxyl groups is 1. The van der Waals surface area contributed by atoms with Crippen LogP contribution in [0.1, 0.15) is 24.9 Å². The Morgan fingerprint density at radius 3 is 2.95 bits per heavy atom. The van der Waals surface area contributed by atoms with Crippen LogP contribution in [0, 0.1) is 5.82 Å². The van der Waals surface area contributed by atoms with Crippen molar-refractivity contribution in [2.45, 2.75) is 25.0 Å². The normalized spacial score (nSPS) is 24.4. The second kappa shape index (κ2) is 5.86. The van der Waals surface area contributed by atoms with Crippen LogP contribution in [0.25, 0.3) is 0 Å². The number of hydrogen-bond acceptors (Lipinski definition) is 4. The molecule has 0 aromatic heterocycles. The van der Waals surface area contributed by atoms with Gasteiger partial charge in [0.25, 0.3) is 0 Å². The molecule has 0 saturated carbocycles. The maximum absolute atomic E-state index is 13.9. The fourth-order valence-electron chi connectivity index (χ4n) is 2.17. The molecule has 106 valence electrons. The summed E-state index contributed by atoms with van der Waals surface area (Å²) in [4.78, 5) is 0. The minimum absolute atomic E-state index is 0.185. The lowest BCUT2D eigenvalue weighted by molar-refractivity contribution is 0.0251. The molecule has 1 heterocycles. The molecule has 0 bridgehead atoms. The Labute approximate surface area is 112 Å². The van der Waals surface area contributed by atoms with Crippen LogP contribution in [-0.2, 0) is 4.74 Å². The van der Waals surface area contributed by atoms with Crippen molar-refractivity contribution in [1.82, 2.24) is 5.32 Å². The minimum Gasteiger partial charge on any atom is -0.497 e. The molecule has 19 heavy (non-hydrogen) atoms. The third-order valence-corrected chi connectivity index (χ3v) is 3.49. The van der Waals surface area contributed by atoms with Crippen LogP contribution in [0.5, 0.6) is 5.75 Å². The van der Waals surface area contributed by atoms with Crippen LogP contribution >= 0.6 is 0 Å². The fourth-order valence-corrected chi connectivity index (χ4v) is 2.17. The Balaban J connectivity index is 1.97. The van der Waals surface area contributed by atoms with E-state index in [2.05, 4.69) is 5.32 Å². The molecule has 2 N–H and O–H groups in total. The first kappa shape index (κ1) is 14.2. The molecule has 2 atom stereocenters. The minimum atomic E-state index is -0.836. The number of benzene rings is 1. The van der Waals surface area contributed by atoms with E-state index in [0.29, 0.717) is 37.5 Å². The van der Waals surface area contributed by atoms with Crippen LogP contribution < -0.4 is 10.1 Å². The summed E-state index contributed by atoms with van der Waals surface area (Å²) in [5.41, 5.74) is -0.277. The highest BCUT2D eigenvalue weighted by atomic mass is 19.1. The third-order valence-electron chi connectivity index (χ3n) is 3.49. The summed E-state index contributed by atoms with van der Waals surface area (Å²) in [7, 11) is 1.51. The molecule has 4 nitrogen and oxygen atoms in total. The molecule has 5 heteroatoms. The van der Waals surface area contributed by atoms with Crippen LogP contribution in [0.2, 0.25) is 0 Å². The van der Waals surface area contributed by atoms with Crippen molar-refractivity contribution in [3.05, 3.63) is 29.6 Å². The monoisotopic (exact) mass is 269 g/mol. The molecule has 0 amide bonds. The number of nitrogens with one attached hydrogen (secondary N) is 1. The lowest BCUT2D eigenvalue weighted by Gasteiger charge is -2.24. The van der Waals surface area contributed by atoms with Gasteiger partial charge < -0.3 is 19.9 Å². The highest BCUT2D eigenvalue weighted by Gasteiger charge is 2.32. The summed E-state index contributed by atoms with van der Waals surface area (Å²) in [5, 5.41) is 13.3. The first-order chi connectivity index (χ1) is 9.04. The predicted octanol–water partition coefficient (Wildman–Crippen LogP) is 1.64. The first-order valence-corrected chi connectivity index (χ1v) is 6.41. The van der Waals surface area contributed by atoms with Crippen molar-refractivity contribution < 1.29 is 19.0 Å². The summed E-state index contributed by atoms with van der Waals surface area (Å²) in [6.07, 6.45) is 0.609. The number of halogens is 1. The van der Waals surface area contributed by atoms with E-state index in [1.54, 1.807) is 12.1 Å². The van der Waals surface area contributed by atoms with E-state index in [4.69, 9.17) is 9.47 Å². The van der Waals surface area contributed by atoms with Crippen LogP contribution in [-0.4, -0.2) is 37.6 Å². The van der Waals surface area contributed by atoms with E-state index in [9.17, 15) is 9.50 Å². The maximum Gasteiger partial charge on any atom is 0.131 e. The van der Waals surface area contributed by atoms with E-state index in [1.807, 2.05) is 6.92 Å². The van der Waals surface area contributed by atoms with E-state index < -0.39 is 5.60 Å². The molecule has 1 aliphatic rings. The SMILES string of the molecule is COc1ccc([C@@H](C)NC[C@@]2(O)CCOC2)c(F)c1. The Hall–Kier alpha value is -1.17. The highest BCUT2D eigenvalue weighted by molar-refractivity contribution is 5.30.